The maximum atomic E-state index is 12.6. The maximum Gasteiger partial charge on any atom is 0.416 e. The van der Waals surface area contributed by atoms with Gasteiger partial charge in [-0.05, 0) is 48.0 Å². The van der Waals surface area contributed by atoms with Crippen LogP contribution in [0.5, 0.6) is 0 Å². The number of alkyl halides is 3. The van der Waals surface area contributed by atoms with E-state index in [0.717, 1.165) is 18.2 Å². The van der Waals surface area contributed by atoms with Crippen LogP contribution in [0.1, 0.15) is 26.3 Å². The second kappa shape index (κ2) is 6.19. The van der Waals surface area contributed by atoms with Gasteiger partial charge < -0.3 is 5.32 Å². The van der Waals surface area contributed by atoms with Crippen molar-refractivity contribution in [1.82, 2.24) is 0 Å². The highest BCUT2D eigenvalue weighted by atomic mass is 35.5. The average molecular weight is 328 g/mol. The van der Waals surface area contributed by atoms with Crippen molar-refractivity contribution in [3.05, 3.63) is 65.2 Å². The number of hydrogen-bond acceptors (Lipinski definition) is 2. The first-order chi connectivity index (χ1) is 10.3. The van der Waals surface area contributed by atoms with E-state index in [1.54, 1.807) is 0 Å². The first-order valence-electron chi connectivity index (χ1n) is 6.06. The smallest absolute Gasteiger partial charge is 0.322 e. The number of carbonyl (C=O) groups is 2. The zero-order chi connectivity index (χ0) is 16.3. The Morgan fingerprint density at radius 2 is 1.59 bits per heavy atom. The summed E-state index contributed by atoms with van der Waals surface area (Å²) in [5.41, 5.74) is -0.625. The molecule has 1 amide bonds. The molecule has 3 nitrogen and oxygen atoms in total. The number of hydrogen-bond donors (Lipinski definition) is 1. The Hall–Kier alpha value is -2.34. The number of rotatable bonds is 3. The van der Waals surface area contributed by atoms with E-state index < -0.39 is 22.9 Å². The molecule has 0 aliphatic heterocycles. The lowest BCUT2D eigenvalue weighted by atomic mass is 10.1. The van der Waals surface area contributed by atoms with E-state index in [9.17, 15) is 22.8 Å². The van der Waals surface area contributed by atoms with Gasteiger partial charge in [0.2, 0.25) is 0 Å². The highest BCUT2D eigenvalue weighted by Crippen LogP contribution is 2.29. The van der Waals surface area contributed by atoms with E-state index in [1.165, 1.54) is 30.3 Å². The maximum absolute atomic E-state index is 12.6. The lowest BCUT2D eigenvalue weighted by molar-refractivity contribution is -0.137. The van der Waals surface area contributed by atoms with Crippen molar-refractivity contribution in [1.29, 1.82) is 0 Å². The number of amides is 1. The molecule has 22 heavy (non-hydrogen) atoms. The Morgan fingerprint density at radius 3 is 2.23 bits per heavy atom. The molecule has 0 atom stereocenters. The third-order valence-electron chi connectivity index (χ3n) is 2.80. The van der Waals surface area contributed by atoms with Gasteiger partial charge in [0, 0.05) is 16.8 Å². The molecule has 2 aromatic rings. The van der Waals surface area contributed by atoms with Crippen LogP contribution in [-0.2, 0) is 6.18 Å². The molecule has 2 aromatic carbocycles. The normalized spacial score (nSPS) is 11.1. The van der Waals surface area contributed by atoms with E-state index in [0.29, 0.717) is 0 Å². The van der Waals surface area contributed by atoms with E-state index >= 15 is 0 Å². The molecular weight excluding hydrogens is 319 g/mol. The lowest BCUT2D eigenvalue weighted by Crippen LogP contribution is -2.14. The van der Waals surface area contributed by atoms with Crippen molar-refractivity contribution in [2.75, 3.05) is 5.32 Å². The van der Waals surface area contributed by atoms with Gasteiger partial charge in [-0.25, -0.2) is 0 Å². The molecule has 0 aliphatic carbocycles. The number of halogens is 4. The van der Waals surface area contributed by atoms with Gasteiger partial charge in [0.05, 0.1) is 5.56 Å². The minimum Gasteiger partial charge on any atom is -0.322 e. The predicted molar refractivity (Wildman–Crippen MR) is 76.0 cm³/mol. The van der Waals surface area contributed by atoms with Crippen LogP contribution >= 0.6 is 11.6 Å². The van der Waals surface area contributed by atoms with Crippen molar-refractivity contribution >= 4 is 28.4 Å². The second-order valence-corrected chi connectivity index (χ2v) is 4.73. The molecule has 0 unspecified atom stereocenters. The molecule has 1 N–H and O–H groups in total. The van der Waals surface area contributed by atoms with Crippen LogP contribution in [0.2, 0.25) is 0 Å². The molecule has 0 bridgehead atoms. The highest BCUT2D eigenvalue weighted by molar-refractivity contribution is 6.67. The first-order valence-corrected chi connectivity index (χ1v) is 6.43. The number of anilines is 1. The van der Waals surface area contributed by atoms with Crippen LogP contribution in [0.25, 0.3) is 0 Å². The van der Waals surface area contributed by atoms with Gasteiger partial charge in [0.25, 0.3) is 11.1 Å². The van der Waals surface area contributed by atoms with Gasteiger partial charge in [-0.15, -0.1) is 0 Å². The average Bonchev–Trinajstić information content (AvgIpc) is 2.46. The van der Waals surface area contributed by atoms with Crippen LogP contribution in [0.15, 0.2) is 48.5 Å². The minimum absolute atomic E-state index is 0.141. The Labute approximate surface area is 128 Å². The summed E-state index contributed by atoms with van der Waals surface area (Å²) in [5, 5.41) is 1.72. The van der Waals surface area contributed by atoms with Crippen molar-refractivity contribution in [3.63, 3.8) is 0 Å². The fraction of sp³-hybridized carbons (Fsp3) is 0.0667. The first kappa shape index (κ1) is 16.0. The monoisotopic (exact) mass is 327 g/mol. The molecule has 0 saturated heterocycles. The molecule has 7 heteroatoms. The summed E-state index contributed by atoms with van der Waals surface area (Å²) < 4.78 is 37.8. The summed E-state index contributed by atoms with van der Waals surface area (Å²) >= 11 is 5.32. The minimum atomic E-state index is -4.53. The topological polar surface area (TPSA) is 46.2 Å². The fourth-order valence-electron chi connectivity index (χ4n) is 1.76. The zero-order valence-corrected chi connectivity index (χ0v) is 11.7. The third kappa shape index (κ3) is 3.85. The summed E-state index contributed by atoms with van der Waals surface area (Å²) in [4.78, 5) is 23.0. The summed E-state index contributed by atoms with van der Waals surface area (Å²) in [6.07, 6.45) is -4.53. The zero-order valence-electron chi connectivity index (χ0n) is 10.9. The third-order valence-corrected chi connectivity index (χ3v) is 3.02. The number of carbonyl (C=O) groups excluding carboxylic acids is 2. The Balaban J connectivity index is 2.23. The number of benzene rings is 2. The molecule has 2 rings (SSSR count). The molecule has 0 heterocycles. The Morgan fingerprint density at radius 1 is 0.955 bits per heavy atom. The molecule has 0 saturated carbocycles. The lowest BCUT2D eigenvalue weighted by Gasteiger charge is -2.09. The van der Waals surface area contributed by atoms with Crippen LogP contribution in [0.4, 0.5) is 18.9 Å². The van der Waals surface area contributed by atoms with E-state index in [-0.39, 0.29) is 16.8 Å². The largest absolute Gasteiger partial charge is 0.416 e. The van der Waals surface area contributed by atoms with Crippen LogP contribution in [0, 0.1) is 0 Å². The SMILES string of the molecule is O=C(Cl)c1cccc(NC(=O)c2cccc(C(F)(F)F)c2)c1. The second-order valence-electron chi connectivity index (χ2n) is 4.39. The molecule has 0 spiro atoms. The molecule has 0 aliphatic rings. The van der Waals surface area contributed by atoms with Crippen LogP contribution < -0.4 is 5.32 Å². The summed E-state index contributed by atoms with van der Waals surface area (Å²) in [7, 11) is 0. The van der Waals surface area contributed by atoms with Crippen molar-refractivity contribution < 1.29 is 22.8 Å². The van der Waals surface area contributed by atoms with Gasteiger partial charge in [-0.2, -0.15) is 13.2 Å². The summed E-state index contributed by atoms with van der Waals surface area (Å²) in [6, 6.07) is 9.83. The van der Waals surface area contributed by atoms with E-state index in [4.69, 9.17) is 11.6 Å². The van der Waals surface area contributed by atoms with Crippen LogP contribution in [-0.4, -0.2) is 11.1 Å². The molecular formula is C15H9ClF3NO2. The van der Waals surface area contributed by atoms with E-state index in [2.05, 4.69) is 5.32 Å². The van der Waals surface area contributed by atoms with Crippen molar-refractivity contribution in [3.8, 4) is 0 Å². The Bertz CT molecular complexity index is 729. The molecule has 0 fully saturated rings. The number of nitrogens with one attached hydrogen (secondary N) is 1. The van der Waals surface area contributed by atoms with E-state index in [1.807, 2.05) is 0 Å². The van der Waals surface area contributed by atoms with Gasteiger partial charge in [-0.1, -0.05) is 12.1 Å². The van der Waals surface area contributed by atoms with Gasteiger partial charge in [-0.3, -0.25) is 9.59 Å². The highest BCUT2D eigenvalue weighted by Gasteiger charge is 2.30. The quantitative estimate of drug-likeness (QED) is 0.853. The standard InChI is InChI=1S/C15H9ClF3NO2/c16-13(21)9-3-2-6-12(8-9)20-14(22)10-4-1-5-11(7-10)15(17,18)19/h1-8H,(H,20,22). The van der Waals surface area contributed by atoms with Gasteiger partial charge >= 0.3 is 6.18 Å². The fourth-order valence-corrected chi connectivity index (χ4v) is 1.88. The molecule has 0 radical (unpaired) electrons. The van der Waals surface area contributed by atoms with Crippen LogP contribution in [0.3, 0.4) is 0 Å². The summed E-state index contributed by atoms with van der Waals surface area (Å²) in [5.74, 6) is -0.717. The van der Waals surface area contributed by atoms with Crippen molar-refractivity contribution in [2.45, 2.75) is 6.18 Å². The summed E-state index contributed by atoms with van der Waals surface area (Å²) in [6.45, 7) is 0. The van der Waals surface area contributed by atoms with Gasteiger partial charge in [0.15, 0.2) is 0 Å². The molecule has 0 aromatic heterocycles. The van der Waals surface area contributed by atoms with Crippen molar-refractivity contribution in [2.24, 2.45) is 0 Å². The van der Waals surface area contributed by atoms with Gasteiger partial charge in [0.1, 0.15) is 0 Å². The molecule has 114 valence electrons. The predicted octanol–water partition coefficient (Wildman–Crippen LogP) is 4.34. The Kier molecular flexibility index (Phi) is 4.51.